The zero-order chi connectivity index (χ0) is 11.5. The second-order valence-corrected chi connectivity index (χ2v) is 4.91. The molecule has 0 aliphatic heterocycles. The van der Waals surface area contributed by atoms with Gasteiger partial charge in [-0.3, -0.25) is 14.3 Å². The Morgan fingerprint density at radius 2 is 2.06 bits per heavy atom. The van der Waals surface area contributed by atoms with Crippen LogP contribution in [-0.2, 0) is 6.54 Å². The molecule has 4 nitrogen and oxygen atoms in total. The molecule has 2 aromatic heterocycles. The number of aromatic nitrogens is 3. The minimum atomic E-state index is -0.111. The number of pyridine rings is 1. The highest BCUT2D eigenvalue weighted by Gasteiger charge is 2.02. The molecule has 16 heavy (non-hydrogen) atoms. The summed E-state index contributed by atoms with van der Waals surface area (Å²) >= 11 is 6.45. The van der Waals surface area contributed by atoms with Gasteiger partial charge in [-0.25, -0.2) is 4.98 Å². The molecule has 6 heteroatoms. The van der Waals surface area contributed by atoms with Gasteiger partial charge in [0, 0.05) is 16.9 Å². The van der Waals surface area contributed by atoms with E-state index in [9.17, 15) is 4.79 Å². The highest BCUT2D eigenvalue weighted by Crippen LogP contribution is 2.08. The molecule has 2 heterocycles. The van der Waals surface area contributed by atoms with Crippen molar-refractivity contribution in [1.29, 1.82) is 0 Å². The lowest BCUT2D eigenvalue weighted by Crippen LogP contribution is -2.21. The molecule has 0 fully saturated rings. The Hall–Kier alpha value is -1.01. The molecule has 0 bridgehead atoms. The van der Waals surface area contributed by atoms with Gasteiger partial charge in [-0.2, -0.15) is 0 Å². The second-order valence-electron chi connectivity index (χ2n) is 3.14. The van der Waals surface area contributed by atoms with Crippen molar-refractivity contribution in [2.75, 3.05) is 0 Å². The molecule has 0 aliphatic carbocycles. The van der Waals surface area contributed by atoms with Gasteiger partial charge in [0.25, 0.3) is 5.56 Å². The second kappa shape index (κ2) is 4.88. The van der Waals surface area contributed by atoms with E-state index in [2.05, 4.69) is 41.8 Å². The van der Waals surface area contributed by atoms with Gasteiger partial charge in [0.15, 0.2) is 0 Å². The number of nitrogens with zero attached hydrogens (tertiary/aromatic N) is 3. The Kier molecular flexibility index (Phi) is 3.50. The van der Waals surface area contributed by atoms with Gasteiger partial charge in [-0.15, -0.1) is 0 Å². The summed E-state index contributed by atoms with van der Waals surface area (Å²) in [6, 6.07) is 3.75. The van der Waals surface area contributed by atoms with E-state index in [-0.39, 0.29) is 5.56 Å². The van der Waals surface area contributed by atoms with Crippen molar-refractivity contribution in [3.63, 3.8) is 0 Å². The summed E-state index contributed by atoms with van der Waals surface area (Å²) in [4.78, 5) is 19.8. The summed E-state index contributed by atoms with van der Waals surface area (Å²) < 4.78 is 2.86. The monoisotopic (exact) mass is 343 g/mol. The largest absolute Gasteiger partial charge is 0.292 e. The van der Waals surface area contributed by atoms with Crippen LogP contribution in [0.4, 0.5) is 0 Å². The standard InChI is InChI=1S/C10H7Br2N3O/c11-7-1-2-8(14-3-7)5-15-6-13-4-9(12)10(15)16/h1-4,6H,5H2. The predicted octanol–water partition coefficient (Wildman–Crippen LogP) is 2.21. The van der Waals surface area contributed by atoms with Gasteiger partial charge in [0.2, 0.25) is 0 Å². The number of hydrogen-bond donors (Lipinski definition) is 0. The third kappa shape index (κ3) is 2.56. The van der Waals surface area contributed by atoms with Crippen LogP contribution in [0.3, 0.4) is 0 Å². The minimum Gasteiger partial charge on any atom is -0.292 e. The first-order chi connectivity index (χ1) is 7.66. The average Bonchev–Trinajstić information content (AvgIpc) is 2.28. The van der Waals surface area contributed by atoms with Crippen molar-refractivity contribution < 1.29 is 0 Å². The Labute approximate surface area is 109 Å². The zero-order valence-electron chi connectivity index (χ0n) is 8.10. The maximum Gasteiger partial charge on any atom is 0.267 e. The molecule has 0 N–H and O–H groups in total. The Morgan fingerprint density at radius 1 is 1.25 bits per heavy atom. The van der Waals surface area contributed by atoms with Crippen molar-refractivity contribution >= 4 is 31.9 Å². The third-order valence-electron chi connectivity index (χ3n) is 1.98. The van der Waals surface area contributed by atoms with Crippen LogP contribution in [0.1, 0.15) is 5.69 Å². The lowest BCUT2D eigenvalue weighted by Gasteiger charge is -2.04. The SMILES string of the molecule is O=c1c(Br)cncn1Cc1ccc(Br)cn1. The van der Waals surface area contributed by atoms with E-state index in [0.29, 0.717) is 11.0 Å². The molecule has 0 atom stereocenters. The summed E-state index contributed by atoms with van der Waals surface area (Å²) in [5.41, 5.74) is 0.699. The summed E-state index contributed by atoms with van der Waals surface area (Å²) in [6.45, 7) is 0.415. The van der Waals surface area contributed by atoms with Crippen LogP contribution in [0.25, 0.3) is 0 Å². The van der Waals surface area contributed by atoms with E-state index in [1.807, 2.05) is 12.1 Å². The molecule has 0 amide bonds. The molecule has 0 spiro atoms. The zero-order valence-corrected chi connectivity index (χ0v) is 11.3. The van der Waals surface area contributed by atoms with Crippen molar-refractivity contribution in [1.82, 2.24) is 14.5 Å². The molecule has 2 rings (SSSR count). The molecule has 0 aliphatic rings. The number of hydrogen-bond acceptors (Lipinski definition) is 3. The molecule has 0 radical (unpaired) electrons. The fourth-order valence-corrected chi connectivity index (χ4v) is 1.79. The molecule has 0 aromatic carbocycles. The van der Waals surface area contributed by atoms with Crippen molar-refractivity contribution in [3.8, 4) is 0 Å². The average molecular weight is 345 g/mol. The molecule has 82 valence electrons. The maximum absolute atomic E-state index is 11.7. The third-order valence-corrected chi connectivity index (χ3v) is 2.99. The number of halogens is 2. The first kappa shape index (κ1) is 11.5. The van der Waals surface area contributed by atoms with Gasteiger partial charge in [0.05, 0.1) is 18.6 Å². The van der Waals surface area contributed by atoms with Gasteiger partial charge in [-0.1, -0.05) is 0 Å². The molecular formula is C10H7Br2N3O. The van der Waals surface area contributed by atoms with Crippen LogP contribution < -0.4 is 5.56 Å². The Bertz CT molecular complexity index is 551. The Balaban J connectivity index is 2.31. The van der Waals surface area contributed by atoms with Crippen molar-refractivity contribution in [2.45, 2.75) is 6.54 Å². The predicted molar refractivity (Wildman–Crippen MR) is 67.2 cm³/mol. The van der Waals surface area contributed by atoms with E-state index in [1.165, 1.54) is 17.1 Å². The van der Waals surface area contributed by atoms with Gasteiger partial charge >= 0.3 is 0 Å². The van der Waals surface area contributed by atoms with Crippen LogP contribution >= 0.6 is 31.9 Å². The van der Waals surface area contributed by atoms with Gasteiger partial charge in [-0.05, 0) is 44.0 Å². The normalized spacial score (nSPS) is 10.4. The van der Waals surface area contributed by atoms with Gasteiger partial charge < -0.3 is 0 Å². The van der Waals surface area contributed by atoms with Crippen LogP contribution in [-0.4, -0.2) is 14.5 Å². The molecule has 2 aromatic rings. The minimum absolute atomic E-state index is 0.111. The van der Waals surface area contributed by atoms with Crippen molar-refractivity contribution in [2.24, 2.45) is 0 Å². The van der Waals surface area contributed by atoms with Crippen LogP contribution in [0.15, 0.2) is 44.6 Å². The molecule has 0 unspecified atom stereocenters. The fourth-order valence-electron chi connectivity index (χ4n) is 1.21. The summed E-state index contributed by atoms with van der Waals surface area (Å²) in [7, 11) is 0. The molecular weight excluding hydrogens is 338 g/mol. The van der Waals surface area contributed by atoms with Crippen LogP contribution in [0.5, 0.6) is 0 Å². The lowest BCUT2D eigenvalue weighted by molar-refractivity contribution is 0.714. The number of rotatable bonds is 2. The van der Waals surface area contributed by atoms with Crippen molar-refractivity contribution in [3.05, 3.63) is 55.8 Å². The van der Waals surface area contributed by atoms with Crippen LogP contribution in [0.2, 0.25) is 0 Å². The summed E-state index contributed by atoms with van der Waals surface area (Å²) in [5.74, 6) is 0. The Morgan fingerprint density at radius 3 is 2.75 bits per heavy atom. The maximum atomic E-state index is 11.7. The van der Waals surface area contributed by atoms with Gasteiger partial charge in [0.1, 0.15) is 4.47 Å². The smallest absolute Gasteiger partial charge is 0.267 e. The highest BCUT2D eigenvalue weighted by molar-refractivity contribution is 9.10. The highest BCUT2D eigenvalue weighted by atomic mass is 79.9. The van der Waals surface area contributed by atoms with E-state index in [0.717, 1.165) is 10.2 Å². The van der Waals surface area contributed by atoms with Crippen LogP contribution in [0, 0.1) is 0 Å². The first-order valence-electron chi connectivity index (χ1n) is 4.47. The quantitative estimate of drug-likeness (QED) is 0.839. The van der Waals surface area contributed by atoms with E-state index < -0.39 is 0 Å². The topological polar surface area (TPSA) is 47.8 Å². The lowest BCUT2D eigenvalue weighted by atomic mass is 10.3. The fraction of sp³-hybridized carbons (Fsp3) is 0.100. The van der Waals surface area contributed by atoms with E-state index >= 15 is 0 Å². The first-order valence-corrected chi connectivity index (χ1v) is 6.06. The molecule has 0 saturated heterocycles. The summed E-state index contributed by atoms with van der Waals surface area (Å²) in [5, 5.41) is 0. The van der Waals surface area contributed by atoms with E-state index in [4.69, 9.17) is 0 Å². The summed E-state index contributed by atoms with van der Waals surface area (Å²) in [6.07, 6.45) is 4.68. The van der Waals surface area contributed by atoms with E-state index in [1.54, 1.807) is 6.20 Å². The molecule has 0 saturated carbocycles.